The lowest BCUT2D eigenvalue weighted by atomic mass is 10.0. The van der Waals surface area contributed by atoms with Gasteiger partial charge in [-0.15, -0.1) is 28.1 Å². The lowest BCUT2D eigenvalue weighted by Gasteiger charge is -2.20. The van der Waals surface area contributed by atoms with Gasteiger partial charge >= 0.3 is 0 Å². The highest BCUT2D eigenvalue weighted by Gasteiger charge is 2.25. The number of ketones is 1. The standard InChI is InChI=1S/C23H25BrN4O2S2/c1-4-11-28-21(18(13-15(2)3)25-22(30)20-6-5-12-31-20)26-27-23(28)32-14-19(29)16-7-9-17(24)10-8-16/h4-10,12,15,18H,1,11,13-14H2,2-3H3,(H,25,30)/t18-/m1/s1. The molecule has 0 spiro atoms. The zero-order valence-electron chi connectivity index (χ0n) is 18.0. The van der Waals surface area contributed by atoms with E-state index in [1.54, 1.807) is 24.3 Å². The van der Waals surface area contributed by atoms with Crippen LogP contribution in [0, 0.1) is 5.92 Å². The number of carbonyl (C=O) groups excluding carboxylic acids is 2. The smallest absolute Gasteiger partial charge is 0.261 e. The number of hydrogen-bond acceptors (Lipinski definition) is 6. The van der Waals surface area contributed by atoms with Crippen LogP contribution in [0.2, 0.25) is 0 Å². The Kier molecular flexibility index (Phi) is 8.84. The molecule has 168 valence electrons. The van der Waals surface area contributed by atoms with Crippen LogP contribution in [-0.2, 0) is 6.54 Å². The van der Waals surface area contributed by atoms with Gasteiger partial charge in [0, 0.05) is 16.6 Å². The van der Waals surface area contributed by atoms with E-state index in [1.165, 1.54) is 23.1 Å². The van der Waals surface area contributed by atoms with Crippen LogP contribution in [0.15, 0.2) is 64.1 Å². The molecule has 1 atom stereocenters. The number of halogens is 1. The zero-order chi connectivity index (χ0) is 23.1. The molecule has 0 aliphatic carbocycles. The normalized spacial score (nSPS) is 12.0. The SMILES string of the molecule is C=CCn1c(SCC(=O)c2ccc(Br)cc2)nnc1[C@@H](CC(C)C)NC(=O)c1cccs1. The Balaban J connectivity index is 1.80. The maximum absolute atomic E-state index is 12.7. The summed E-state index contributed by atoms with van der Waals surface area (Å²) in [4.78, 5) is 26.0. The van der Waals surface area contributed by atoms with Crippen LogP contribution < -0.4 is 5.32 Å². The van der Waals surface area contributed by atoms with Crippen molar-refractivity contribution in [2.24, 2.45) is 5.92 Å². The highest BCUT2D eigenvalue weighted by Crippen LogP contribution is 2.26. The second-order valence-corrected chi connectivity index (χ2v) is 10.4. The number of thiophene rings is 1. The molecule has 2 heterocycles. The summed E-state index contributed by atoms with van der Waals surface area (Å²) < 4.78 is 2.85. The van der Waals surface area contributed by atoms with Crippen LogP contribution in [0.5, 0.6) is 0 Å². The Hall–Kier alpha value is -2.23. The summed E-state index contributed by atoms with van der Waals surface area (Å²) in [5.41, 5.74) is 0.650. The van der Waals surface area contributed by atoms with Gasteiger partial charge in [-0.3, -0.25) is 9.59 Å². The topological polar surface area (TPSA) is 76.9 Å². The summed E-state index contributed by atoms with van der Waals surface area (Å²) in [5.74, 6) is 1.14. The Morgan fingerprint density at radius 1 is 1.25 bits per heavy atom. The highest BCUT2D eigenvalue weighted by atomic mass is 79.9. The van der Waals surface area contributed by atoms with Crippen LogP contribution in [0.1, 0.15) is 52.2 Å². The van der Waals surface area contributed by atoms with Crippen molar-refractivity contribution in [1.29, 1.82) is 0 Å². The van der Waals surface area contributed by atoms with Gasteiger partial charge in [0.15, 0.2) is 16.8 Å². The number of benzene rings is 1. The number of hydrogen-bond donors (Lipinski definition) is 1. The Morgan fingerprint density at radius 3 is 2.62 bits per heavy atom. The number of allylic oxidation sites excluding steroid dienone is 1. The molecule has 1 aromatic carbocycles. The minimum absolute atomic E-state index is 0.0157. The molecule has 9 heteroatoms. The van der Waals surface area contributed by atoms with E-state index in [4.69, 9.17) is 0 Å². The predicted molar refractivity (Wildman–Crippen MR) is 133 cm³/mol. The predicted octanol–water partition coefficient (Wildman–Crippen LogP) is 5.78. The van der Waals surface area contributed by atoms with E-state index in [9.17, 15) is 9.59 Å². The molecular weight excluding hydrogens is 508 g/mol. The van der Waals surface area contributed by atoms with E-state index in [0.29, 0.717) is 33.9 Å². The van der Waals surface area contributed by atoms with Crippen LogP contribution in [0.3, 0.4) is 0 Å². The molecule has 0 fully saturated rings. The van der Waals surface area contributed by atoms with Crippen LogP contribution in [-0.4, -0.2) is 32.2 Å². The van der Waals surface area contributed by atoms with Gasteiger partial charge in [0.1, 0.15) is 0 Å². The van der Waals surface area contributed by atoms with Crippen molar-refractivity contribution in [3.05, 3.63) is 75.2 Å². The first-order valence-corrected chi connectivity index (χ1v) is 12.8. The van der Waals surface area contributed by atoms with Gasteiger partial charge in [-0.05, 0) is 35.9 Å². The molecule has 0 saturated heterocycles. The molecular formula is C23H25BrN4O2S2. The quantitative estimate of drug-likeness (QED) is 0.192. The molecule has 0 bridgehead atoms. The lowest BCUT2D eigenvalue weighted by Crippen LogP contribution is -2.31. The van der Waals surface area contributed by atoms with Gasteiger partial charge in [0.05, 0.1) is 16.7 Å². The minimum Gasteiger partial charge on any atom is -0.341 e. The second kappa shape index (κ2) is 11.6. The summed E-state index contributed by atoms with van der Waals surface area (Å²) in [6.07, 6.45) is 2.48. The summed E-state index contributed by atoms with van der Waals surface area (Å²) in [7, 11) is 0. The Morgan fingerprint density at radius 2 is 2.00 bits per heavy atom. The molecule has 0 saturated carbocycles. The number of thioether (sulfide) groups is 1. The average Bonchev–Trinajstić information content (AvgIpc) is 3.42. The highest BCUT2D eigenvalue weighted by molar-refractivity contribution is 9.10. The van der Waals surface area contributed by atoms with Crippen LogP contribution in [0.4, 0.5) is 0 Å². The van der Waals surface area contributed by atoms with E-state index in [2.05, 4.69) is 51.9 Å². The van der Waals surface area contributed by atoms with Gasteiger partial charge in [0.25, 0.3) is 5.91 Å². The molecule has 3 rings (SSSR count). The second-order valence-electron chi connectivity index (χ2n) is 7.59. The Labute approximate surface area is 204 Å². The van der Waals surface area contributed by atoms with Crippen molar-refractivity contribution in [1.82, 2.24) is 20.1 Å². The molecule has 0 unspecified atom stereocenters. The number of Topliss-reactive ketones (excluding diaryl/α,β-unsaturated/α-hetero) is 1. The monoisotopic (exact) mass is 532 g/mol. The number of amides is 1. The third kappa shape index (κ3) is 6.40. The summed E-state index contributed by atoms with van der Waals surface area (Å²) in [5, 5.41) is 14.3. The fraction of sp³-hybridized carbons (Fsp3) is 0.304. The summed E-state index contributed by atoms with van der Waals surface area (Å²) in [6, 6.07) is 10.7. The fourth-order valence-electron chi connectivity index (χ4n) is 3.15. The maximum Gasteiger partial charge on any atom is 0.261 e. The number of rotatable bonds is 11. The minimum atomic E-state index is -0.298. The van der Waals surface area contributed by atoms with Crippen molar-refractivity contribution >= 4 is 50.7 Å². The third-order valence-electron chi connectivity index (χ3n) is 4.62. The first-order chi connectivity index (χ1) is 15.4. The van der Waals surface area contributed by atoms with E-state index in [0.717, 1.165) is 10.9 Å². The third-order valence-corrected chi connectivity index (χ3v) is 6.99. The van der Waals surface area contributed by atoms with Crippen LogP contribution >= 0.6 is 39.0 Å². The van der Waals surface area contributed by atoms with Crippen LogP contribution in [0.25, 0.3) is 0 Å². The molecule has 6 nitrogen and oxygen atoms in total. The van der Waals surface area contributed by atoms with E-state index in [-0.39, 0.29) is 23.5 Å². The summed E-state index contributed by atoms with van der Waals surface area (Å²) in [6.45, 7) is 8.54. The summed E-state index contributed by atoms with van der Waals surface area (Å²) >= 11 is 6.12. The van der Waals surface area contributed by atoms with E-state index >= 15 is 0 Å². The molecule has 1 amide bonds. The number of nitrogens with zero attached hydrogens (tertiary/aromatic N) is 3. The van der Waals surface area contributed by atoms with Gasteiger partial charge in [0.2, 0.25) is 0 Å². The maximum atomic E-state index is 12.7. The first kappa shape index (κ1) is 24.4. The molecule has 0 aliphatic rings. The molecule has 0 aliphatic heterocycles. The number of nitrogens with one attached hydrogen (secondary N) is 1. The Bertz CT molecular complexity index is 1060. The number of aromatic nitrogens is 3. The van der Waals surface area contributed by atoms with Gasteiger partial charge in [-0.2, -0.15) is 0 Å². The van der Waals surface area contributed by atoms with E-state index < -0.39 is 0 Å². The molecule has 32 heavy (non-hydrogen) atoms. The van der Waals surface area contributed by atoms with Gasteiger partial charge < -0.3 is 9.88 Å². The van der Waals surface area contributed by atoms with Crippen molar-refractivity contribution in [2.75, 3.05) is 5.75 Å². The van der Waals surface area contributed by atoms with E-state index in [1.807, 2.05) is 28.1 Å². The van der Waals surface area contributed by atoms with Crippen molar-refractivity contribution in [3.63, 3.8) is 0 Å². The first-order valence-electron chi connectivity index (χ1n) is 10.2. The van der Waals surface area contributed by atoms with Gasteiger partial charge in [-0.25, -0.2) is 0 Å². The molecule has 3 aromatic rings. The zero-order valence-corrected chi connectivity index (χ0v) is 21.2. The van der Waals surface area contributed by atoms with Crippen molar-refractivity contribution < 1.29 is 9.59 Å². The van der Waals surface area contributed by atoms with Crippen molar-refractivity contribution in [2.45, 2.75) is 38.0 Å². The van der Waals surface area contributed by atoms with Crippen molar-refractivity contribution in [3.8, 4) is 0 Å². The molecule has 0 radical (unpaired) electrons. The lowest BCUT2D eigenvalue weighted by molar-refractivity contribution is 0.0932. The van der Waals surface area contributed by atoms with Gasteiger partial charge in [-0.1, -0.05) is 65.8 Å². The fourth-order valence-corrected chi connectivity index (χ4v) is 4.89. The molecule has 2 aromatic heterocycles. The average molecular weight is 534 g/mol. The largest absolute Gasteiger partial charge is 0.341 e. The molecule has 1 N–H and O–H groups in total. The number of carbonyl (C=O) groups is 2.